The highest BCUT2D eigenvalue weighted by molar-refractivity contribution is 6.40. The Balaban J connectivity index is 1.41. The van der Waals surface area contributed by atoms with Crippen LogP contribution in [0.15, 0.2) is 42.6 Å². The van der Waals surface area contributed by atoms with Gasteiger partial charge in [0.1, 0.15) is 11.4 Å². The Bertz CT molecular complexity index is 1340. The number of ether oxygens (including phenoxy) is 1. The number of halogens is 4. The van der Waals surface area contributed by atoms with Crippen LogP contribution >= 0.6 is 23.2 Å². The largest absolute Gasteiger partial charge is 0.433 e. The van der Waals surface area contributed by atoms with E-state index < -0.39 is 6.61 Å². The van der Waals surface area contributed by atoms with Crippen molar-refractivity contribution in [3.05, 3.63) is 58.2 Å². The predicted octanol–water partition coefficient (Wildman–Crippen LogP) is 4.98. The zero-order valence-electron chi connectivity index (χ0n) is 20.6. The van der Waals surface area contributed by atoms with Crippen molar-refractivity contribution in [2.45, 2.75) is 19.6 Å². The number of anilines is 5. The van der Waals surface area contributed by atoms with Gasteiger partial charge < -0.3 is 25.2 Å². The summed E-state index contributed by atoms with van der Waals surface area (Å²) in [5.74, 6) is 0.306. The van der Waals surface area contributed by atoms with Crippen LogP contribution in [0.4, 0.5) is 37.6 Å². The second kappa shape index (κ2) is 10.8. The van der Waals surface area contributed by atoms with Crippen LogP contribution in [-0.2, 0) is 0 Å². The number of piperazine rings is 1. The van der Waals surface area contributed by atoms with E-state index in [-0.39, 0.29) is 35.9 Å². The topological polar surface area (TPSA) is 85.9 Å². The molecular weight excluding hydrogens is 539 g/mol. The standard InChI is InChI=1S/C25H25Cl2F2N7O2/c1-14-12-35(9-8-30-14)19-7-6-15(10-20(19)38-24(28)29)32-25-31-11-16-22(33-25)34(2)13-36(23(16)37)21-17(26)4-3-5-18(21)27/h3-7,10-11,14,24,30H,8-9,12-13H2,1-2H3,(H,31,32,33)/t14-/m1/s1. The molecule has 1 fully saturated rings. The summed E-state index contributed by atoms with van der Waals surface area (Å²) < 4.78 is 31.3. The summed E-state index contributed by atoms with van der Waals surface area (Å²) in [6.07, 6.45) is 1.41. The van der Waals surface area contributed by atoms with E-state index in [2.05, 4.69) is 20.6 Å². The SMILES string of the molecule is C[C@@H]1CN(c2ccc(Nc3ncc4c(n3)N(C)CN(c3c(Cl)cccc3Cl)C4=O)cc2OC(F)F)CCN1. The van der Waals surface area contributed by atoms with Crippen molar-refractivity contribution in [2.75, 3.05) is 53.4 Å². The minimum absolute atomic E-state index is 0.0524. The molecule has 9 nitrogen and oxygen atoms in total. The fourth-order valence-electron chi connectivity index (χ4n) is 4.61. The Morgan fingerprint density at radius 2 is 1.97 bits per heavy atom. The third-order valence-electron chi connectivity index (χ3n) is 6.31. The Morgan fingerprint density at radius 3 is 2.68 bits per heavy atom. The van der Waals surface area contributed by atoms with Gasteiger partial charge in [-0.1, -0.05) is 29.3 Å². The van der Waals surface area contributed by atoms with Crippen LogP contribution in [0.2, 0.25) is 10.0 Å². The second-order valence-electron chi connectivity index (χ2n) is 9.06. The van der Waals surface area contributed by atoms with Gasteiger partial charge in [-0.3, -0.25) is 9.69 Å². The van der Waals surface area contributed by atoms with Gasteiger partial charge in [0.2, 0.25) is 5.95 Å². The minimum atomic E-state index is -2.97. The maximum absolute atomic E-state index is 13.3. The van der Waals surface area contributed by atoms with Crippen molar-refractivity contribution in [1.82, 2.24) is 15.3 Å². The minimum Gasteiger partial charge on any atom is -0.433 e. The van der Waals surface area contributed by atoms with Crippen LogP contribution < -0.4 is 30.1 Å². The van der Waals surface area contributed by atoms with Crippen molar-refractivity contribution in [3.8, 4) is 5.75 Å². The molecule has 1 saturated heterocycles. The second-order valence-corrected chi connectivity index (χ2v) is 9.88. The molecule has 0 radical (unpaired) electrons. The van der Waals surface area contributed by atoms with Crippen LogP contribution in [0.25, 0.3) is 0 Å². The maximum atomic E-state index is 13.3. The number of nitrogens with zero attached hydrogens (tertiary/aromatic N) is 5. The van der Waals surface area contributed by atoms with E-state index in [1.807, 2.05) is 11.8 Å². The molecule has 0 saturated carbocycles. The van der Waals surface area contributed by atoms with Crippen LogP contribution in [-0.4, -0.2) is 61.9 Å². The molecule has 0 aliphatic carbocycles. The summed E-state index contributed by atoms with van der Waals surface area (Å²) in [7, 11) is 1.78. The van der Waals surface area contributed by atoms with Gasteiger partial charge in [0.05, 0.1) is 28.1 Å². The Hall–Kier alpha value is -3.41. The van der Waals surface area contributed by atoms with E-state index in [1.54, 1.807) is 42.3 Å². The van der Waals surface area contributed by atoms with Gasteiger partial charge in [-0.25, -0.2) is 4.98 Å². The van der Waals surface area contributed by atoms with Gasteiger partial charge in [-0.15, -0.1) is 0 Å². The highest BCUT2D eigenvalue weighted by atomic mass is 35.5. The average molecular weight is 564 g/mol. The maximum Gasteiger partial charge on any atom is 0.387 e. The molecule has 5 rings (SSSR count). The molecule has 3 aromatic rings. The zero-order chi connectivity index (χ0) is 27.0. The fraction of sp³-hybridized carbons (Fsp3) is 0.320. The summed E-state index contributed by atoms with van der Waals surface area (Å²) in [6.45, 7) is 1.30. The van der Waals surface area contributed by atoms with Gasteiger partial charge in [0.25, 0.3) is 5.91 Å². The van der Waals surface area contributed by atoms with Crippen LogP contribution in [0.5, 0.6) is 5.75 Å². The molecule has 0 bridgehead atoms. The molecule has 1 amide bonds. The number of rotatable bonds is 6. The first-order chi connectivity index (χ1) is 18.2. The average Bonchev–Trinajstić information content (AvgIpc) is 2.86. The normalized spacial score (nSPS) is 17.6. The molecule has 2 N–H and O–H groups in total. The monoisotopic (exact) mass is 563 g/mol. The lowest BCUT2D eigenvalue weighted by molar-refractivity contribution is -0.0494. The zero-order valence-corrected chi connectivity index (χ0v) is 22.1. The van der Waals surface area contributed by atoms with E-state index in [1.165, 1.54) is 17.2 Å². The van der Waals surface area contributed by atoms with Crippen molar-refractivity contribution in [2.24, 2.45) is 0 Å². The number of fused-ring (bicyclic) bond motifs is 1. The molecule has 0 spiro atoms. The molecular formula is C25H25Cl2F2N7O2. The lowest BCUT2D eigenvalue weighted by Gasteiger charge is -2.35. The van der Waals surface area contributed by atoms with E-state index in [9.17, 15) is 13.6 Å². The van der Waals surface area contributed by atoms with E-state index in [4.69, 9.17) is 27.9 Å². The number of para-hydroxylation sites is 1. The first-order valence-corrected chi connectivity index (χ1v) is 12.6. The molecule has 0 unspecified atom stereocenters. The van der Waals surface area contributed by atoms with E-state index >= 15 is 0 Å². The lowest BCUT2D eigenvalue weighted by Crippen LogP contribution is -2.49. The lowest BCUT2D eigenvalue weighted by atomic mass is 10.1. The summed E-state index contributed by atoms with van der Waals surface area (Å²) in [4.78, 5) is 27.3. The Morgan fingerprint density at radius 1 is 1.21 bits per heavy atom. The van der Waals surface area contributed by atoms with Crippen LogP contribution in [0.3, 0.4) is 0 Å². The predicted molar refractivity (Wildman–Crippen MR) is 145 cm³/mol. The third kappa shape index (κ3) is 5.27. The number of hydrogen-bond donors (Lipinski definition) is 2. The van der Waals surface area contributed by atoms with Crippen molar-refractivity contribution < 1.29 is 18.3 Å². The number of carbonyl (C=O) groups is 1. The molecule has 1 aromatic heterocycles. The van der Waals surface area contributed by atoms with Gasteiger partial charge >= 0.3 is 6.61 Å². The smallest absolute Gasteiger partial charge is 0.387 e. The Kier molecular flexibility index (Phi) is 7.42. The molecule has 2 aliphatic heterocycles. The molecule has 200 valence electrons. The Labute approximate surface area is 228 Å². The fourth-order valence-corrected chi connectivity index (χ4v) is 5.21. The van der Waals surface area contributed by atoms with Crippen molar-refractivity contribution in [1.29, 1.82) is 0 Å². The van der Waals surface area contributed by atoms with Gasteiger partial charge in [-0.2, -0.15) is 13.8 Å². The number of alkyl halides is 2. The molecule has 13 heteroatoms. The highest BCUT2D eigenvalue weighted by Gasteiger charge is 2.33. The van der Waals surface area contributed by atoms with Crippen molar-refractivity contribution >= 4 is 57.9 Å². The molecule has 3 heterocycles. The summed E-state index contributed by atoms with van der Waals surface area (Å²) in [5, 5.41) is 7.06. The summed E-state index contributed by atoms with van der Waals surface area (Å²) in [5.41, 5.74) is 1.72. The highest BCUT2D eigenvalue weighted by Crippen LogP contribution is 2.38. The summed E-state index contributed by atoms with van der Waals surface area (Å²) in [6, 6.07) is 10.2. The van der Waals surface area contributed by atoms with Crippen LogP contribution in [0.1, 0.15) is 17.3 Å². The first kappa shape index (κ1) is 26.2. The molecule has 38 heavy (non-hydrogen) atoms. The molecule has 2 aromatic carbocycles. The molecule has 1 atom stereocenters. The number of aromatic nitrogens is 2. The summed E-state index contributed by atoms with van der Waals surface area (Å²) >= 11 is 12.7. The quantitative estimate of drug-likeness (QED) is 0.434. The van der Waals surface area contributed by atoms with Gasteiger partial charge in [0.15, 0.2) is 5.75 Å². The van der Waals surface area contributed by atoms with Gasteiger partial charge in [0, 0.05) is 50.7 Å². The third-order valence-corrected chi connectivity index (χ3v) is 6.92. The van der Waals surface area contributed by atoms with Crippen LogP contribution in [0, 0.1) is 0 Å². The van der Waals surface area contributed by atoms with E-state index in [0.717, 1.165) is 6.54 Å². The van der Waals surface area contributed by atoms with Crippen molar-refractivity contribution in [3.63, 3.8) is 0 Å². The van der Waals surface area contributed by atoms with Gasteiger partial charge in [-0.05, 0) is 31.2 Å². The first-order valence-electron chi connectivity index (χ1n) is 11.9. The number of nitrogens with one attached hydrogen (secondary N) is 2. The number of amides is 1. The number of carbonyl (C=O) groups excluding carboxylic acids is 1. The number of hydrogen-bond acceptors (Lipinski definition) is 8. The molecule has 2 aliphatic rings. The van der Waals surface area contributed by atoms with E-state index in [0.29, 0.717) is 46.0 Å². The number of benzene rings is 2.